The predicted molar refractivity (Wildman–Crippen MR) is 77.4 cm³/mol. The van der Waals surface area contributed by atoms with Gasteiger partial charge in [0.25, 0.3) is 0 Å². The van der Waals surface area contributed by atoms with Gasteiger partial charge >= 0.3 is 0 Å². The van der Waals surface area contributed by atoms with Crippen LogP contribution in [0.1, 0.15) is 22.7 Å². The maximum atomic E-state index is 5.64. The molecule has 0 amide bonds. The molecule has 2 aromatic rings. The Balaban J connectivity index is 1.69. The van der Waals surface area contributed by atoms with E-state index in [1.54, 1.807) is 0 Å². The number of benzene rings is 1. The minimum Gasteiger partial charge on any atom is -0.492 e. The van der Waals surface area contributed by atoms with Gasteiger partial charge in [-0.3, -0.25) is 0 Å². The van der Waals surface area contributed by atoms with Crippen LogP contribution in [0.4, 0.5) is 0 Å². The van der Waals surface area contributed by atoms with E-state index in [2.05, 4.69) is 31.3 Å². The van der Waals surface area contributed by atoms with Crippen molar-refractivity contribution in [1.29, 1.82) is 0 Å². The molecule has 0 saturated heterocycles. The number of hydrogen-bond acceptors (Lipinski definition) is 3. The summed E-state index contributed by atoms with van der Waals surface area (Å²) in [7, 11) is 0. The van der Waals surface area contributed by atoms with Crippen LogP contribution in [-0.2, 0) is 0 Å². The number of para-hydroxylation sites is 1. The molecule has 0 aliphatic carbocycles. The Morgan fingerprint density at radius 2 is 1.94 bits per heavy atom. The zero-order chi connectivity index (χ0) is 12.8. The summed E-state index contributed by atoms with van der Waals surface area (Å²) in [4.78, 5) is 2.74. The van der Waals surface area contributed by atoms with Gasteiger partial charge in [0.1, 0.15) is 12.4 Å². The lowest BCUT2D eigenvalue weighted by atomic mass is 10.3. The van der Waals surface area contributed by atoms with Crippen molar-refractivity contribution in [3.05, 3.63) is 52.2 Å². The van der Waals surface area contributed by atoms with Crippen LogP contribution >= 0.6 is 11.3 Å². The van der Waals surface area contributed by atoms with Crippen molar-refractivity contribution in [3.8, 4) is 5.75 Å². The van der Waals surface area contributed by atoms with Crippen molar-refractivity contribution >= 4 is 11.3 Å². The Kier molecular flexibility index (Phi) is 4.79. The van der Waals surface area contributed by atoms with Crippen LogP contribution in [0, 0.1) is 6.92 Å². The molecular weight excluding hydrogens is 242 g/mol. The number of hydrogen-bond donors (Lipinski definition) is 1. The molecule has 0 fully saturated rings. The van der Waals surface area contributed by atoms with Gasteiger partial charge in [-0.25, -0.2) is 0 Å². The summed E-state index contributed by atoms with van der Waals surface area (Å²) in [5.41, 5.74) is 0. The van der Waals surface area contributed by atoms with Gasteiger partial charge in [-0.15, -0.1) is 11.3 Å². The van der Waals surface area contributed by atoms with Gasteiger partial charge < -0.3 is 10.1 Å². The zero-order valence-electron chi connectivity index (χ0n) is 10.8. The summed E-state index contributed by atoms with van der Waals surface area (Å²) in [6, 6.07) is 14.7. The Hall–Kier alpha value is -1.32. The summed E-state index contributed by atoms with van der Waals surface area (Å²) < 4.78 is 5.64. The molecule has 0 radical (unpaired) electrons. The minimum atomic E-state index is 0.392. The molecule has 2 nitrogen and oxygen atoms in total. The van der Waals surface area contributed by atoms with Crippen molar-refractivity contribution in [2.45, 2.75) is 19.9 Å². The lowest BCUT2D eigenvalue weighted by molar-refractivity contribution is 0.308. The van der Waals surface area contributed by atoms with Crippen LogP contribution in [0.5, 0.6) is 5.75 Å². The summed E-state index contributed by atoms with van der Waals surface area (Å²) >= 11 is 1.85. The first-order valence-corrected chi connectivity index (χ1v) is 7.05. The highest BCUT2D eigenvalue weighted by molar-refractivity contribution is 7.12. The van der Waals surface area contributed by atoms with Crippen molar-refractivity contribution in [2.24, 2.45) is 0 Å². The fraction of sp³-hybridized carbons (Fsp3) is 0.333. The van der Waals surface area contributed by atoms with Crippen LogP contribution in [0.25, 0.3) is 0 Å². The Morgan fingerprint density at radius 1 is 1.17 bits per heavy atom. The van der Waals surface area contributed by atoms with E-state index in [9.17, 15) is 0 Å². The van der Waals surface area contributed by atoms with Crippen LogP contribution in [-0.4, -0.2) is 13.2 Å². The van der Waals surface area contributed by atoms with Crippen LogP contribution in [0.3, 0.4) is 0 Å². The molecule has 1 aromatic carbocycles. The second-order valence-corrected chi connectivity index (χ2v) is 5.61. The highest BCUT2D eigenvalue weighted by Crippen LogP contribution is 2.21. The number of aryl methyl sites for hydroxylation is 1. The first-order chi connectivity index (χ1) is 8.75. The number of thiophene rings is 1. The van der Waals surface area contributed by atoms with Gasteiger partial charge in [0.2, 0.25) is 0 Å². The standard InChI is InChI=1S/C15H19NOS/c1-12-8-9-15(18-12)13(2)16-10-11-17-14-6-4-3-5-7-14/h3-9,13,16H,10-11H2,1-2H3. The molecule has 0 aliphatic heterocycles. The van der Waals surface area contributed by atoms with Gasteiger partial charge in [-0.1, -0.05) is 18.2 Å². The van der Waals surface area contributed by atoms with Crippen molar-refractivity contribution in [1.82, 2.24) is 5.32 Å². The van der Waals surface area contributed by atoms with Gasteiger partial charge in [0.15, 0.2) is 0 Å². The Bertz CT molecular complexity index is 466. The van der Waals surface area contributed by atoms with E-state index in [1.165, 1.54) is 9.75 Å². The number of rotatable bonds is 6. The van der Waals surface area contributed by atoms with Crippen molar-refractivity contribution < 1.29 is 4.74 Å². The third-order valence-corrected chi connectivity index (χ3v) is 3.94. The highest BCUT2D eigenvalue weighted by Gasteiger charge is 2.06. The fourth-order valence-corrected chi connectivity index (χ4v) is 2.65. The Labute approximate surface area is 113 Å². The quantitative estimate of drug-likeness (QED) is 0.799. The maximum Gasteiger partial charge on any atom is 0.119 e. The van der Waals surface area contributed by atoms with Gasteiger partial charge in [-0.05, 0) is 38.1 Å². The molecule has 1 N–H and O–H groups in total. The molecule has 18 heavy (non-hydrogen) atoms. The number of ether oxygens (including phenoxy) is 1. The van der Waals surface area contributed by atoms with E-state index in [0.29, 0.717) is 12.6 Å². The summed E-state index contributed by atoms with van der Waals surface area (Å²) in [5.74, 6) is 0.930. The second-order valence-electron chi connectivity index (χ2n) is 4.29. The molecule has 0 aliphatic rings. The summed E-state index contributed by atoms with van der Waals surface area (Å²) in [6.07, 6.45) is 0. The first kappa shape index (κ1) is 13.1. The third-order valence-electron chi connectivity index (χ3n) is 2.75. The topological polar surface area (TPSA) is 21.3 Å². The van der Waals surface area contributed by atoms with Gasteiger partial charge in [-0.2, -0.15) is 0 Å². The first-order valence-electron chi connectivity index (χ1n) is 6.23. The molecule has 1 aromatic heterocycles. The van der Waals surface area contributed by atoms with E-state index in [-0.39, 0.29) is 0 Å². The van der Waals surface area contributed by atoms with E-state index < -0.39 is 0 Å². The van der Waals surface area contributed by atoms with Crippen LogP contribution in [0.15, 0.2) is 42.5 Å². The average molecular weight is 261 g/mol. The SMILES string of the molecule is Cc1ccc(C(C)NCCOc2ccccc2)s1. The molecule has 0 spiro atoms. The van der Waals surface area contributed by atoms with Crippen molar-refractivity contribution in [3.63, 3.8) is 0 Å². The third kappa shape index (κ3) is 3.86. The van der Waals surface area contributed by atoms with Gasteiger partial charge in [0, 0.05) is 22.3 Å². The molecule has 1 atom stereocenters. The zero-order valence-corrected chi connectivity index (χ0v) is 11.7. The van der Waals surface area contributed by atoms with Gasteiger partial charge in [0.05, 0.1) is 0 Å². The minimum absolute atomic E-state index is 0.392. The van der Waals surface area contributed by atoms with E-state index in [1.807, 2.05) is 41.7 Å². The second kappa shape index (κ2) is 6.57. The average Bonchev–Trinajstić information content (AvgIpc) is 2.82. The molecule has 2 rings (SSSR count). The van der Waals surface area contributed by atoms with Crippen LogP contribution < -0.4 is 10.1 Å². The maximum absolute atomic E-state index is 5.64. The molecular formula is C15H19NOS. The largest absolute Gasteiger partial charge is 0.492 e. The number of nitrogens with one attached hydrogen (secondary N) is 1. The van der Waals surface area contributed by atoms with E-state index in [4.69, 9.17) is 4.74 Å². The molecule has 0 saturated carbocycles. The molecule has 96 valence electrons. The van der Waals surface area contributed by atoms with Crippen LogP contribution in [0.2, 0.25) is 0 Å². The molecule has 0 bridgehead atoms. The van der Waals surface area contributed by atoms with E-state index >= 15 is 0 Å². The summed E-state index contributed by atoms with van der Waals surface area (Å²) in [6.45, 7) is 5.87. The molecule has 3 heteroatoms. The molecule has 1 heterocycles. The predicted octanol–water partition coefficient (Wildman–Crippen LogP) is 3.79. The van der Waals surface area contributed by atoms with E-state index in [0.717, 1.165) is 12.3 Å². The van der Waals surface area contributed by atoms with Crippen molar-refractivity contribution in [2.75, 3.05) is 13.2 Å². The lowest BCUT2D eigenvalue weighted by Crippen LogP contribution is -2.23. The fourth-order valence-electron chi connectivity index (χ4n) is 1.75. The lowest BCUT2D eigenvalue weighted by Gasteiger charge is -2.12. The highest BCUT2D eigenvalue weighted by atomic mass is 32.1. The summed E-state index contributed by atoms with van der Waals surface area (Å²) in [5, 5.41) is 3.47. The normalized spacial score (nSPS) is 12.3. The Morgan fingerprint density at radius 3 is 2.61 bits per heavy atom. The molecule has 1 unspecified atom stereocenters. The monoisotopic (exact) mass is 261 g/mol. The smallest absolute Gasteiger partial charge is 0.119 e.